The first-order chi connectivity index (χ1) is 13.3. The molecule has 1 fully saturated rings. The van der Waals surface area contributed by atoms with Gasteiger partial charge in [-0.2, -0.15) is 13.2 Å². The highest BCUT2D eigenvalue weighted by Gasteiger charge is 2.31. The Morgan fingerprint density at radius 2 is 1.96 bits per heavy atom. The molecule has 1 atom stereocenters. The van der Waals surface area contributed by atoms with Crippen LogP contribution in [0, 0.1) is 0 Å². The molecule has 7 nitrogen and oxygen atoms in total. The lowest BCUT2D eigenvalue weighted by Crippen LogP contribution is -2.42. The zero-order valence-electron chi connectivity index (χ0n) is 14.7. The summed E-state index contributed by atoms with van der Waals surface area (Å²) in [4.78, 5) is 26.3. The second kappa shape index (κ2) is 8.42. The number of alkyl halides is 3. The van der Waals surface area contributed by atoms with Crippen molar-refractivity contribution >= 4 is 17.6 Å². The first-order valence-electron chi connectivity index (χ1n) is 8.61. The molecular formula is C18H18F3N3O4. The van der Waals surface area contributed by atoms with Crippen LogP contribution in [-0.4, -0.2) is 47.7 Å². The minimum absolute atomic E-state index is 0.0558. The van der Waals surface area contributed by atoms with Gasteiger partial charge in [0, 0.05) is 24.8 Å². The zero-order valence-corrected chi connectivity index (χ0v) is 14.7. The van der Waals surface area contributed by atoms with Crippen molar-refractivity contribution in [3.63, 3.8) is 0 Å². The zero-order chi connectivity index (χ0) is 20.1. The van der Waals surface area contributed by atoms with Crippen molar-refractivity contribution in [2.45, 2.75) is 25.1 Å². The summed E-state index contributed by atoms with van der Waals surface area (Å²) in [7, 11) is 0. The van der Waals surface area contributed by atoms with Gasteiger partial charge in [-0.25, -0.2) is 0 Å². The molecular weight excluding hydrogens is 379 g/mol. The average Bonchev–Trinajstić information content (AvgIpc) is 3.34. The van der Waals surface area contributed by atoms with Crippen LogP contribution in [0.15, 0.2) is 41.1 Å². The molecule has 2 heterocycles. The van der Waals surface area contributed by atoms with Gasteiger partial charge in [-0.15, -0.1) is 0 Å². The van der Waals surface area contributed by atoms with Gasteiger partial charge in [0.25, 0.3) is 5.91 Å². The molecule has 0 bridgehead atoms. The smallest absolute Gasteiger partial charge is 0.376 e. The first kappa shape index (κ1) is 19.9. The van der Waals surface area contributed by atoms with Crippen molar-refractivity contribution < 1.29 is 32.0 Å². The van der Waals surface area contributed by atoms with Crippen LogP contribution in [0.5, 0.6) is 0 Å². The van der Waals surface area contributed by atoms with E-state index in [2.05, 4.69) is 15.0 Å². The fourth-order valence-corrected chi connectivity index (χ4v) is 2.87. The standard InChI is InChI=1S/C18H18F3N3O4/c19-18(20,21)13-5-3-12(4-6-13)17(26)24(10-14-2-1-8-27-14)11-16(25)22-15-7-9-28-23-15/h3-7,9,14H,1-2,8,10-11H2,(H,22,23,25)/t14-/m1/s1. The number of carbonyl (C=O) groups is 2. The van der Waals surface area contributed by atoms with Gasteiger partial charge in [-0.3, -0.25) is 9.59 Å². The predicted octanol–water partition coefficient (Wildman–Crippen LogP) is 2.95. The Hall–Kier alpha value is -2.88. The average molecular weight is 397 g/mol. The van der Waals surface area contributed by atoms with E-state index in [0.29, 0.717) is 6.61 Å². The summed E-state index contributed by atoms with van der Waals surface area (Å²) in [5.41, 5.74) is -0.793. The summed E-state index contributed by atoms with van der Waals surface area (Å²) >= 11 is 0. The quantitative estimate of drug-likeness (QED) is 0.810. The molecule has 1 aliphatic heterocycles. The molecule has 1 N–H and O–H groups in total. The van der Waals surface area contributed by atoms with Gasteiger partial charge in [-0.1, -0.05) is 5.16 Å². The van der Waals surface area contributed by atoms with Crippen LogP contribution in [0.1, 0.15) is 28.8 Å². The van der Waals surface area contributed by atoms with E-state index < -0.39 is 23.6 Å². The number of anilines is 1. The summed E-state index contributed by atoms with van der Waals surface area (Å²) < 4.78 is 48.3. The molecule has 0 saturated carbocycles. The highest BCUT2D eigenvalue weighted by Crippen LogP contribution is 2.29. The minimum Gasteiger partial charge on any atom is -0.376 e. The second-order valence-electron chi connectivity index (χ2n) is 6.33. The third kappa shape index (κ3) is 5.10. The van der Waals surface area contributed by atoms with Gasteiger partial charge >= 0.3 is 6.18 Å². The van der Waals surface area contributed by atoms with E-state index >= 15 is 0 Å². The van der Waals surface area contributed by atoms with Gasteiger partial charge in [0.05, 0.1) is 11.7 Å². The topological polar surface area (TPSA) is 84.7 Å². The third-order valence-corrected chi connectivity index (χ3v) is 4.23. The van der Waals surface area contributed by atoms with Crippen molar-refractivity contribution in [1.82, 2.24) is 10.1 Å². The summed E-state index contributed by atoms with van der Waals surface area (Å²) in [5, 5.41) is 6.05. The maximum Gasteiger partial charge on any atom is 0.416 e. The minimum atomic E-state index is -4.49. The SMILES string of the molecule is O=C(CN(C[C@H]1CCCO1)C(=O)c1ccc(C(F)(F)F)cc1)Nc1ccon1. The lowest BCUT2D eigenvalue weighted by Gasteiger charge is -2.25. The number of nitrogens with zero attached hydrogens (tertiary/aromatic N) is 2. The van der Waals surface area contributed by atoms with E-state index in [4.69, 9.17) is 4.74 Å². The number of rotatable bonds is 6. The maximum absolute atomic E-state index is 12.8. The van der Waals surface area contributed by atoms with Crippen molar-refractivity contribution in [2.75, 3.05) is 25.0 Å². The summed E-state index contributed by atoms with van der Waals surface area (Å²) in [6.07, 6.45) is -1.85. The van der Waals surface area contributed by atoms with Crippen molar-refractivity contribution in [3.05, 3.63) is 47.7 Å². The van der Waals surface area contributed by atoms with E-state index in [-0.39, 0.29) is 30.6 Å². The molecule has 10 heteroatoms. The maximum atomic E-state index is 12.8. The van der Waals surface area contributed by atoms with Crippen LogP contribution in [0.25, 0.3) is 0 Å². The van der Waals surface area contributed by atoms with Gasteiger partial charge in [-0.05, 0) is 37.1 Å². The molecule has 0 unspecified atom stereocenters. The Balaban J connectivity index is 1.72. The highest BCUT2D eigenvalue weighted by molar-refractivity contribution is 5.99. The Kier molecular flexibility index (Phi) is 5.98. The van der Waals surface area contributed by atoms with Crippen LogP contribution in [0.3, 0.4) is 0 Å². The number of aromatic nitrogens is 1. The second-order valence-corrected chi connectivity index (χ2v) is 6.33. The molecule has 0 spiro atoms. The van der Waals surface area contributed by atoms with Gasteiger partial charge in [0.15, 0.2) is 5.82 Å². The number of carbonyl (C=O) groups excluding carboxylic acids is 2. The molecule has 0 radical (unpaired) electrons. The van der Waals surface area contributed by atoms with Gasteiger partial charge in [0.2, 0.25) is 5.91 Å². The Morgan fingerprint density at radius 1 is 1.21 bits per heavy atom. The molecule has 1 aromatic heterocycles. The number of benzene rings is 1. The van der Waals surface area contributed by atoms with Gasteiger partial charge < -0.3 is 19.5 Å². The first-order valence-corrected chi connectivity index (χ1v) is 8.61. The van der Waals surface area contributed by atoms with Crippen LogP contribution < -0.4 is 5.32 Å². The number of ether oxygens (including phenoxy) is 1. The van der Waals surface area contributed by atoms with E-state index in [1.54, 1.807) is 0 Å². The molecule has 1 aromatic carbocycles. The fourth-order valence-electron chi connectivity index (χ4n) is 2.87. The van der Waals surface area contributed by atoms with Crippen LogP contribution >= 0.6 is 0 Å². The molecule has 1 saturated heterocycles. The van der Waals surface area contributed by atoms with Crippen LogP contribution in [0.2, 0.25) is 0 Å². The van der Waals surface area contributed by atoms with E-state index in [1.807, 2.05) is 0 Å². The fraction of sp³-hybridized carbons (Fsp3) is 0.389. The molecule has 3 rings (SSSR count). The number of hydrogen-bond acceptors (Lipinski definition) is 5. The monoisotopic (exact) mass is 397 g/mol. The highest BCUT2D eigenvalue weighted by atomic mass is 19.4. The predicted molar refractivity (Wildman–Crippen MR) is 91.5 cm³/mol. The van der Waals surface area contributed by atoms with E-state index in [1.165, 1.54) is 17.2 Å². The third-order valence-electron chi connectivity index (χ3n) is 4.23. The van der Waals surface area contributed by atoms with E-state index in [0.717, 1.165) is 37.1 Å². The molecule has 28 heavy (non-hydrogen) atoms. The lowest BCUT2D eigenvalue weighted by molar-refractivity contribution is -0.137. The summed E-state index contributed by atoms with van der Waals surface area (Å²) in [6.45, 7) is 0.427. The number of nitrogens with one attached hydrogen (secondary N) is 1. The lowest BCUT2D eigenvalue weighted by atomic mass is 10.1. The van der Waals surface area contributed by atoms with Crippen LogP contribution in [0.4, 0.5) is 19.0 Å². The molecule has 2 amide bonds. The van der Waals surface area contributed by atoms with Gasteiger partial charge in [0.1, 0.15) is 12.8 Å². The number of amides is 2. The Labute approximate surface area is 158 Å². The van der Waals surface area contributed by atoms with E-state index in [9.17, 15) is 22.8 Å². The van der Waals surface area contributed by atoms with Crippen LogP contribution in [-0.2, 0) is 15.7 Å². The van der Waals surface area contributed by atoms with Crippen molar-refractivity contribution in [2.24, 2.45) is 0 Å². The molecule has 1 aliphatic rings. The van der Waals surface area contributed by atoms with Crippen molar-refractivity contribution in [3.8, 4) is 0 Å². The molecule has 2 aromatic rings. The molecule has 150 valence electrons. The number of hydrogen-bond donors (Lipinski definition) is 1. The normalized spacial score (nSPS) is 16.8. The largest absolute Gasteiger partial charge is 0.416 e. The number of halogens is 3. The summed E-state index contributed by atoms with van der Waals surface area (Å²) in [6, 6.07) is 5.33. The Morgan fingerprint density at radius 3 is 2.54 bits per heavy atom. The Bertz CT molecular complexity index is 800. The summed E-state index contributed by atoms with van der Waals surface area (Å²) in [5.74, 6) is -0.865. The molecule has 0 aliphatic carbocycles. The van der Waals surface area contributed by atoms with Crippen molar-refractivity contribution in [1.29, 1.82) is 0 Å².